The first-order valence-corrected chi connectivity index (χ1v) is 7.30. The number of rotatable bonds is 7. The normalized spacial score (nSPS) is 15.6. The topological polar surface area (TPSA) is 59.0 Å². The van der Waals surface area contributed by atoms with Crippen LogP contribution in [0.1, 0.15) is 18.4 Å². The van der Waals surface area contributed by atoms with Gasteiger partial charge in [0.2, 0.25) is 0 Å². The monoisotopic (exact) mass is 313 g/mol. The van der Waals surface area contributed by atoms with E-state index in [1.54, 1.807) is 13.2 Å². The Hall–Kier alpha value is -1.46. The number of ether oxygens (including phenoxy) is 2. The van der Waals surface area contributed by atoms with E-state index in [1.165, 1.54) is 0 Å². The molecule has 0 bridgehead atoms. The number of likely N-dealkylation sites (N-methyl/N-ethyl adjacent to an activating group) is 1. The Morgan fingerprint density at radius 3 is 2.76 bits per heavy atom. The minimum Gasteiger partial charge on any atom is -0.493 e. The van der Waals surface area contributed by atoms with Crippen molar-refractivity contribution < 1.29 is 19.4 Å². The maximum atomic E-state index is 10.6. The van der Waals surface area contributed by atoms with E-state index in [-0.39, 0.29) is 12.5 Å². The molecular weight excluding hydrogens is 294 g/mol. The van der Waals surface area contributed by atoms with Crippen molar-refractivity contribution in [1.29, 1.82) is 0 Å². The summed E-state index contributed by atoms with van der Waals surface area (Å²) >= 11 is 6.09. The third-order valence-electron chi connectivity index (χ3n) is 3.47. The lowest BCUT2D eigenvalue weighted by Gasteiger charge is -2.36. The van der Waals surface area contributed by atoms with Gasteiger partial charge in [-0.05, 0) is 31.5 Å². The lowest BCUT2D eigenvalue weighted by molar-refractivity contribution is -0.137. The molecule has 0 atom stereocenters. The van der Waals surface area contributed by atoms with Crippen molar-refractivity contribution in [3.05, 3.63) is 22.7 Å². The average Bonchev–Trinajstić information content (AvgIpc) is 2.38. The molecule has 0 amide bonds. The lowest BCUT2D eigenvalue weighted by Crippen LogP contribution is -2.51. The van der Waals surface area contributed by atoms with E-state index in [0.29, 0.717) is 29.4 Å². The molecular formula is C15H20ClNO4. The third kappa shape index (κ3) is 4.25. The molecule has 0 radical (unpaired) electrons. The van der Waals surface area contributed by atoms with E-state index in [9.17, 15) is 4.79 Å². The highest BCUT2D eigenvalue weighted by atomic mass is 35.5. The van der Waals surface area contributed by atoms with Crippen LogP contribution in [0.15, 0.2) is 12.1 Å². The summed E-state index contributed by atoms with van der Waals surface area (Å²) in [7, 11) is 3.61. The molecule has 2 rings (SSSR count). The summed E-state index contributed by atoms with van der Waals surface area (Å²) < 4.78 is 11.4. The summed E-state index contributed by atoms with van der Waals surface area (Å²) in [4.78, 5) is 12.8. The predicted octanol–water partition coefficient (Wildman–Crippen LogP) is 2.45. The summed E-state index contributed by atoms with van der Waals surface area (Å²) in [5.41, 5.74) is 0.898. The van der Waals surface area contributed by atoms with Crippen molar-refractivity contribution >= 4 is 17.6 Å². The van der Waals surface area contributed by atoms with Gasteiger partial charge < -0.3 is 14.6 Å². The highest BCUT2D eigenvalue weighted by Gasteiger charge is 2.27. The number of halogens is 1. The second-order valence-corrected chi connectivity index (χ2v) is 5.74. The van der Waals surface area contributed by atoms with Gasteiger partial charge in [-0.1, -0.05) is 11.6 Å². The fourth-order valence-electron chi connectivity index (χ4n) is 2.41. The molecule has 1 aromatic carbocycles. The minimum atomic E-state index is -0.799. The Morgan fingerprint density at radius 2 is 2.19 bits per heavy atom. The van der Waals surface area contributed by atoms with Crippen LogP contribution in [0.5, 0.6) is 11.5 Å². The van der Waals surface area contributed by atoms with E-state index in [4.69, 9.17) is 26.2 Å². The molecule has 0 spiro atoms. The summed E-state index contributed by atoms with van der Waals surface area (Å²) in [5.74, 6) is 0.486. The summed E-state index contributed by atoms with van der Waals surface area (Å²) in [6.45, 7) is 1.75. The molecule has 1 aliphatic heterocycles. The molecule has 0 aromatic heterocycles. The largest absolute Gasteiger partial charge is 0.493 e. The second kappa shape index (κ2) is 7.00. The van der Waals surface area contributed by atoms with Gasteiger partial charge in [0, 0.05) is 30.6 Å². The number of hydrogen-bond donors (Lipinski definition) is 1. The van der Waals surface area contributed by atoms with Crippen molar-refractivity contribution in [2.24, 2.45) is 0 Å². The average molecular weight is 314 g/mol. The molecule has 1 saturated heterocycles. The number of hydrogen-bond acceptors (Lipinski definition) is 4. The fourth-order valence-corrected chi connectivity index (χ4v) is 2.64. The van der Waals surface area contributed by atoms with Crippen LogP contribution in [0.3, 0.4) is 0 Å². The molecule has 1 heterocycles. The number of carboxylic acid groups (broad SMARTS) is 1. The number of carboxylic acids is 1. The van der Waals surface area contributed by atoms with Crippen LogP contribution in [0, 0.1) is 0 Å². The Labute approximate surface area is 129 Å². The number of methoxy groups -OCH3 is 1. The predicted molar refractivity (Wildman–Crippen MR) is 80.5 cm³/mol. The van der Waals surface area contributed by atoms with Crippen LogP contribution >= 0.6 is 11.6 Å². The summed E-state index contributed by atoms with van der Waals surface area (Å²) in [6.07, 6.45) is 1.41. The van der Waals surface area contributed by atoms with Gasteiger partial charge in [-0.2, -0.15) is 0 Å². The maximum Gasteiger partial charge on any atom is 0.303 e. The van der Waals surface area contributed by atoms with Crippen LogP contribution in [-0.2, 0) is 11.2 Å². The molecule has 0 aliphatic carbocycles. The Balaban J connectivity index is 2.14. The van der Waals surface area contributed by atoms with E-state index in [0.717, 1.165) is 18.7 Å². The quantitative estimate of drug-likeness (QED) is 0.838. The van der Waals surface area contributed by atoms with Gasteiger partial charge in [-0.15, -0.1) is 0 Å². The first kappa shape index (κ1) is 15.9. The van der Waals surface area contributed by atoms with Crippen molar-refractivity contribution in [2.45, 2.75) is 25.4 Å². The Kier molecular flexibility index (Phi) is 5.31. The molecule has 0 saturated carbocycles. The second-order valence-electron chi connectivity index (χ2n) is 5.30. The molecule has 116 valence electrons. The van der Waals surface area contributed by atoms with Crippen molar-refractivity contribution in [2.75, 3.05) is 27.2 Å². The van der Waals surface area contributed by atoms with Crippen molar-refractivity contribution in [1.82, 2.24) is 4.90 Å². The number of aliphatic carboxylic acids is 1. The summed E-state index contributed by atoms with van der Waals surface area (Å²) in [6, 6.07) is 3.55. The van der Waals surface area contributed by atoms with Crippen LogP contribution in [0.4, 0.5) is 0 Å². The molecule has 1 fully saturated rings. The van der Waals surface area contributed by atoms with Crippen LogP contribution < -0.4 is 9.47 Å². The van der Waals surface area contributed by atoms with Crippen LogP contribution in [-0.4, -0.2) is 49.3 Å². The zero-order valence-electron chi connectivity index (χ0n) is 12.3. The zero-order chi connectivity index (χ0) is 15.4. The number of nitrogens with zero attached hydrogens (tertiary/aromatic N) is 1. The van der Waals surface area contributed by atoms with Gasteiger partial charge in [0.25, 0.3) is 0 Å². The first-order valence-electron chi connectivity index (χ1n) is 6.93. The van der Waals surface area contributed by atoms with Crippen molar-refractivity contribution in [3.8, 4) is 11.5 Å². The molecule has 1 aliphatic rings. The maximum absolute atomic E-state index is 10.6. The molecule has 6 heteroatoms. The molecule has 1 aromatic rings. The van der Waals surface area contributed by atoms with Gasteiger partial charge in [-0.25, -0.2) is 0 Å². The molecule has 5 nitrogen and oxygen atoms in total. The van der Waals surface area contributed by atoms with Gasteiger partial charge >= 0.3 is 5.97 Å². The standard InChI is InChI=1S/C15H20ClNO4/c1-17-8-12(9-17)21-15-10(4-3-5-14(18)19)6-11(16)7-13(15)20-2/h6-7,12H,3-5,8-9H2,1-2H3,(H,18,19). The van der Waals surface area contributed by atoms with Crippen LogP contribution in [0.25, 0.3) is 0 Å². The smallest absolute Gasteiger partial charge is 0.303 e. The minimum absolute atomic E-state index is 0.125. The number of likely N-dealkylation sites (tertiary alicyclic amines) is 1. The summed E-state index contributed by atoms with van der Waals surface area (Å²) in [5, 5.41) is 9.32. The lowest BCUT2D eigenvalue weighted by atomic mass is 10.1. The highest BCUT2D eigenvalue weighted by Crippen LogP contribution is 2.37. The Morgan fingerprint density at radius 1 is 1.48 bits per heavy atom. The van der Waals surface area contributed by atoms with Gasteiger partial charge in [-0.3, -0.25) is 9.69 Å². The zero-order valence-corrected chi connectivity index (χ0v) is 13.0. The van der Waals surface area contributed by atoms with Gasteiger partial charge in [0.05, 0.1) is 7.11 Å². The van der Waals surface area contributed by atoms with E-state index < -0.39 is 5.97 Å². The highest BCUT2D eigenvalue weighted by molar-refractivity contribution is 6.30. The third-order valence-corrected chi connectivity index (χ3v) is 3.69. The van der Waals surface area contributed by atoms with E-state index in [2.05, 4.69) is 4.90 Å². The van der Waals surface area contributed by atoms with Crippen molar-refractivity contribution in [3.63, 3.8) is 0 Å². The van der Waals surface area contributed by atoms with E-state index in [1.807, 2.05) is 13.1 Å². The van der Waals surface area contributed by atoms with Crippen LogP contribution in [0.2, 0.25) is 5.02 Å². The SMILES string of the molecule is COc1cc(Cl)cc(CCCC(=O)O)c1OC1CN(C)C1. The fraction of sp³-hybridized carbons (Fsp3) is 0.533. The van der Waals surface area contributed by atoms with E-state index >= 15 is 0 Å². The molecule has 0 unspecified atom stereocenters. The number of carbonyl (C=O) groups is 1. The first-order chi connectivity index (χ1) is 9.99. The van der Waals surface area contributed by atoms with Gasteiger partial charge in [0.1, 0.15) is 6.10 Å². The molecule has 21 heavy (non-hydrogen) atoms. The number of benzene rings is 1. The Bertz CT molecular complexity index is 515. The molecule has 1 N–H and O–H groups in total. The van der Waals surface area contributed by atoms with Gasteiger partial charge in [0.15, 0.2) is 11.5 Å². The number of aryl methyl sites for hydroxylation is 1.